The topological polar surface area (TPSA) is 55.8 Å². The smallest absolute Gasteiger partial charge is 0.339 e. The van der Waals surface area contributed by atoms with Gasteiger partial charge in [-0.05, 0) is 12.3 Å². The number of ether oxygens (including phenoxy) is 2. The van der Waals surface area contributed by atoms with Crippen molar-refractivity contribution in [2.45, 2.75) is 17.4 Å². The van der Waals surface area contributed by atoms with Crippen LogP contribution in [0.5, 0.6) is 5.75 Å². The molecule has 17 heavy (non-hydrogen) atoms. The number of hydrogen-bond acceptors (Lipinski definition) is 5. The number of thioether (sulfide) groups is 1. The van der Waals surface area contributed by atoms with E-state index in [0.29, 0.717) is 24.3 Å². The van der Waals surface area contributed by atoms with Gasteiger partial charge in [0.05, 0.1) is 30.3 Å². The lowest BCUT2D eigenvalue weighted by Crippen LogP contribution is -2.16. The van der Waals surface area contributed by atoms with Gasteiger partial charge in [0.15, 0.2) is 0 Å². The zero-order chi connectivity index (χ0) is 12.4. The zero-order valence-corrected chi connectivity index (χ0v) is 10.5. The van der Waals surface area contributed by atoms with Crippen molar-refractivity contribution in [1.29, 1.82) is 0 Å². The van der Waals surface area contributed by atoms with Crippen LogP contribution in [0.1, 0.15) is 28.4 Å². The molecular weight excluding hydrogens is 240 g/mol. The Morgan fingerprint density at radius 3 is 3.00 bits per heavy atom. The second kappa shape index (κ2) is 4.98. The summed E-state index contributed by atoms with van der Waals surface area (Å²) in [5.41, 5.74) is 1.22. The zero-order valence-electron chi connectivity index (χ0n) is 9.73. The molecule has 0 amide bonds. The van der Waals surface area contributed by atoms with Crippen molar-refractivity contribution in [1.82, 2.24) is 0 Å². The van der Waals surface area contributed by atoms with E-state index < -0.39 is 6.10 Å². The fourth-order valence-electron chi connectivity index (χ4n) is 1.89. The van der Waals surface area contributed by atoms with E-state index in [1.165, 1.54) is 18.9 Å². The van der Waals surface area contributed by atoms with Crippen molar-refractivity contribution in [3.05, 3.63) is 23.3 Å². The van der Waals surface area contributed by atoms with Crippen LogP contribution < -0.4 is 4.74 Å². The molecule has 1 aromatic carbocycles. The minimum atomic E-state index is -0.517. The van der Waals surface area contributed by atoms with E-state index in [4.69, 9.17) is 9.47 Å². The number of rotatable bonds is 2. The van der Waals surface area contributed by atoms with E-state index in [0.717, 1.165) is 10.5 Å². The molecule has 1 heterocycles. The number of benzene rings is 1. The lowest BCUT2D eigenvalue weighted by molar-refractivity contribution is 0.0593. The molecule has 2 rings (SSSR count). The summed E-state index contributed by atoms with van der Waals surface area (Å²) in [7, 11) is 1.35. The first kappa shape index (κ1) is 12.3. The molecule has 0 aliphatic carbocycles. The Bertz CT molecular complexity index is 444. The molecule has 0 spiro atoms. The predicted molar refractivity (Wildman–Crippen MR) is 64.6 cm³/mol. The van der Waals surface area contributed by atoms with Gasteiger partial charge in [0.1, 0.15) is 5.75 Å². The summed E-state index contributed by atoms with van der Waals surface area (Å²) in [4.78, 5) is 12.3. The van der Waals surface area contributed by atoms with Crippen molar-refractivity contribution >= 4 is 17.7 Å². The van der Waals surface area contributed by atoms with Crippen LogP contribution in [-0.2, 0) is 4.74 Å². The predicted octanol–water partition coefficient (Wildman–Crippen LogP) is 2.01. The van der Waals surface area contributed by atoms with E-state index in [9.17, 15) is 9.90 Å². The summed E-state index contributed by atoms with van der Waals surface area (Å²) < 4.78 is 10.3. The number of carbonyl (C=O) groups excluding carboxylic acids is 1. The fourth-order valence-corrected chi connectivity index (χ4v) is 2.62. The van der Waals surface area contributed by atoms with Gasteiger partial charge < -0.3 is 14.6 Å². The average molecular weight is 254 g/mol. The van der Waals surface area contributed by atoms with E-state index in [-0.39, 0.29) is 5.97 Å². The Morgan fingerprint density at radius 1 is 1.59 bits per heavy atom. The number of fused-ring (bicyclic) bond motifs is 1. The lowest BCUT2D eigenvalue weighted by atomic mass is 10.0. The standard InChI is InChI=1S/C12H14O4S/c1-15-12(14)8-4-3-7-9(13)5-6-16-10(7)11(8)17-2/h3-4,9,13H,5-6H2,1-2H3. The molecule has 4 nitrogen and oxygen atoms in total. The van der Waals surface area contributed by atoms with Gasteiger partial charge in [0, 0.05) is 12.0 Å². The van der Waals surface area contributed by atoms with Crippen LogP contribution in [-0.4, -0.2) is 31.0 Å². The second-order valence-corrected chi connectivity index (χ2v) is 4.53. The average Bonchev–Trinajstić information content (AvgIpc) is 2.37. The maximum absolute atomic E-state index is 11.6. The quantitative estimate of drug-likeness (QED) is 0.646. The summed E-state index contributed by atoms with van der Waals surface area (Å²) in [6.07, 6.45) is 1.93. The molecule has 1 N–H and O–H groups in total. The van der Waals surface area contributed by atoms with E-state index in [2.05, 4.69) is 0 Å². The third-order valence-corrected chi connectivity index (χ3v) is 3.56. The number of esters is 1. The minimum Gasteiger partial charge on any atom is -0.492 e. The van der Waals surface area contributed by atoms with Gasteiger partial charge >= 0.3 is 5.97 Å². The summed E-state index contributed by atoms with van der Waals surface area (Å²) in [6, 6.07) is 3.40. The Kier molecular flexibility index (Phi) is 3.59. The first-order valence-electron chi connectivity index (χ1n) is 5.29. The molecule has 92 valence electrons. The van der Waals surface area contributed by atoms with Crippen LogP contribution in [0.2, 0.25) is 0 Å². The largest absolute Gasteiger partial charge is 0.492 e. The number of aliphatic hydroxyl groups excluding tert-OH is 1. The molecule has 0 aromatic heterocycles. The van der Waals surface area contributed by atoms with Crippen LogP contribution in [0.4, 0.5) is 0 Å². The maximum Gasteiger partial charge on any atom is 0.339 e. The van der Waals surface area contributed by atoms with Gasteiger partial charge in [-0.15, -0.1) is 11.8 Å². The van der Waals surface area contributed by atoms with Gasteiger partial charge in [0.25, 0.3) is 0 Å². The lowest BCUT2D eigenvalue weighted by Gasteiger charge is -2.24. The van der Waals surface area contributed by atoms with Gasteiger partial charge in [-0.25, -0.2) is 4.79 Å². The highest BCUT2D eigenvalue weighted by Gasteiger charge is 2.25. The highest BCUT2D eigenvalue weighted by Crippen LogP contribution is 2.41. The molecule has 0 radical (unpaired) electrons. The Hall–Kier alpha value is -1.20. The van der Waals surface area contributed by atoms with Gasteiger partial charge in [-0.2, -0.15) is 0 Å². The summed E-state index contributed by atoms with van der Waals surface area (Å²) >= 11 is 1.42. The van der Waals surface area contributed by atoms with Gasteiger partial charge in [-0.1, -0.05) is 6.07 Å². The summed E-state index contributed by atoms with van der Waals surface area (Å²) in [5, 5.41) is 9.86. The van der Waals surface area contributed by atoms with Crippen molar-refractivity contribution in [3.8, 4) is 5.75 Å². The van der Waals surface area contributed by atoms with Gasteiger partial charge in [0.2, 0.25) is 0 Å². The monoisotopic (exact) mass is 254 g/mol. The van der Waals surface area contributed by atoms with Crippen molar-refractivity contribution in [2.75, 3.05) is 20.0 Å². The second-order valence-electron chi connectivity index (χ2n) is 3.71. The van der Waals surface area contributed by atoms with E-state index in [1.54, 1.807) is 12.1 Å². The van der Waals surface area contributed by atoms with Crippen LogP contribution in [0.15, 0.2) is 17.0 Å². The molecule has 1 unspecified atom stereocenters. The Morgan fingerprint density at radius 2 is 2.35 bits per heavy atom. The SMILES string of the molecule is COC(=O)c1ccc2c(c1SC)OCCC2O. The van der Waals surface area contributed by atoms with E-state index >= 15 is 0 Å². The Labute approximate surface area is 104 Å². The molecular formula is C12H14O4S. The first-order valence-corrected chi connectivity index (χ1v) is 6.51. The third kappa shape index (κ3) is 2.12. The third-order valence-electron chi connectivity index (χ3n) is 2.75. The Balaban J connectivity index is 2.55. The highest BCUT2D eigenvalue weighted by atomic mass is 32.2. The molecule has 0 bridgehead atoms. The number of methoxy groups -OCH3 is 1. The number of carbonyl (C=O) groups is 1. The summed E-state index contributed by atoms with van der Waals surface area (Å²) in [6.45, 7) is 0.465. The van der Waals surface area contributed by atoms with Crippen molar-refractivity contribution < 1.29 is 19.4 Å². The van der Waals surface area contributed by atoms with Crippen molar-refractivity contribution in [3.63, 3.8) is 0 Å². The maximum atomic E-state index is 11.6. The molecule has 0 saturated carbocycles. The van der Waals surface area contributed by atoms with Crippen LogP contribution in [0.25, 0.3) is 0 Å². The first-order chi connectivity index (χ1) is 8.19. The molecule has 0 fully saturated rings. The van der Waals surface area contributed by atoms with Crippen LogP contribution >= 0.6 is 11.8 Å². The molecule has 1 aliphatic rings. The molecule has 5 heteroatoms. The van der Waals surface area contributed by atoms with Crippen LogP contribution in [0.3, 0.4) is 0 Å². The molecule has 0 saturated heterocycles. The molecule has 1 atom stereocenters. The van der Waals surface area contributed by atoms with Crippen molar-refractivity contribution in [2.24, 2.45) is 0 Å². The number of hydrogen-bond donors (Lipinski definition) is 1. The number of aliphatic hydroxyl groups is 1. The van der Waals surface area contributed by atoms with Crippen LogP contribution in [0, 0.1) is 0 Å². The fraction of sp³-hybridized carbons (Fsp3) is 0.417. The molecule has 1 aromatic rings. The minimum absolute atomic E-state index is 0.388. The molecule has 1 aliphatic heterocycles. The normalized spacial score (nSPS) is 18.2. The summed E-state index contributed by atoms with van der Waals surface area (Å²) in [5.74, 6) is 0.222. The highest BCUT2D eigenvalue weighted by molar-refractivity contribution is 7.98. The van der Waals surface area contributed by atoms with E-state index in [1.807, 2.05) is 6.26 Å². The van der Waals surface area contributed by atoms with Gasteiger partial charge in [-0.3, -0.25) is 0 Å².